The highest BCUT2D eigenvalue weighted by atomic mass is 19.4. The van der Waals surface area contributed by atoms with Crippen molar-refractivity contribution in [2.75, 3.05) is 32.6 Å². The van der Waals surface area contributed by atoms with Crippen molar-refractivity contribution in [2.45, 2.75) is 12.6 Å². The number of carbonyl (C=O) groups is 1. The van der Waals surface area contributed by atoms with Gasteiger partial charge in [0.1, 0.15) is 0 Å². The lowest BCUT2D eigenvalue weighted by Crippen LogP contribution is -2.28. The second kappa shape index (κ2) is 7.28. The Bertz CT molecular complexity index is 489. The van der Waals surface area contributed by atoms with Crippen molar-refractivity contribution in [3.8, 4) is 0 Å². The van der Waals surface area contributed by atoms with Crippen LogP contribution in [-0.2, 0) is 6.18 Å². The summed E-state index contributed by atoms with van der Waals surface area (Å²) >= 11 is 0. The molecule has 5 nitrogen and oxygen atoms in total. The van der Waals surface area contributed by atoms with Crippen LogP contribution >= 0.6 is 0 Å². The summed E-state index contributed by atoms with van der Waals surface area (Å²) in [5, 5.41) is 2.58. The van der Waals surface area contributed by atoms with Gasteiger partial charge in [0, 0.05) is 6.54 Å². The molecule has 8 heteroatoms. The summed E-state index contributed by atoms with van der Waals surface area (Å²) in [5.74, 6) is 4.63. The molecular formula is C13H19F3N4O. The van der Waals surface area contributed by atoms with Crippen molar-refractivity contribution in [1.82, 2.24) is 10.2 Å². The molecule has 1 amide bonds. The molecule has 118 valence electrons. The highest BCUT2D eigenvalue weighted by Crippen LogP contribution is 2.31. The molecule has 21 heavy (non-hydrogen) atoms. The van der Waals surface area contributed by atoms with E-state index < -0.39 is 17.6 Å². The summed E-state index contributed by atoms with van der Waals surface area (Å²) in [5.41, 5.74) is 1.36. The molecule has 0 aliphatic carbocycles. The fourth-order valence-corrected chi connectivity index (χ4v) is 1.73. The number of nitrogens with zero attached hydrogens (tertiary/aromatic N) is 1. The maximum atomic E-state index is 12.7. The van der Waals surface area contributed by atoms with E-state index in [0.29, 0.717) is 13.0 Å². The van der Waals surface area contributed by atoms with Gasteiger partial charge in [-0.25, -0.2) is 0 Å². The minimum Gasteiger partial charge on any atom is -0.352 e. The number of amides is 1. The summed E-state index contributed by atoms with van der Waals surface area (Å²) < 4.78 is 38.0. The first-order valence-electron chi connectivity index (χ1n) is 6.36. The first-order valence-corrected chi connectivity index (χ1v) is 6.36. The molecular weight excluding hydrogens is 285 g/mol. The Morgan fingerprint density at radius 1 is 1.33 bits per heavy atom. The smallest absolute Gasteiger partial charge is 0.352 e. The summed E-state index contributed by atoms with van der Waals surface area (Å²) in [6.07, 6.45) is -3.81. The predicted molar refractivity (Wildman–Crippen MR) is 74.8 cm³/mol. The van der Waals surface area contributed by atoms with Crippen molar-refractivity contribution in [3.05, 3.63) is 29.3 Å². The van der Waals surface area contributed by atoms with E-state index in [0.717, 1.165) is 24.7 Å². The number of halogens is 3. The largest absolute Gasteiger partial charge is 0.416 e. The van der Waals surface area contributed by atoms with E-state index in [1.807, 2.05) is 19.0 Å². The minimum atomic E-state index is -4.51. The van der Waals surface area contributed by atoms with Crippen LogP contribution in [0.5, 0.6) is 0 Å². The zero-order valence-corrected chi connectivity index (χ0v) is 11.9. The lowest BCUT2D eigenvalue weighted by molar-refractivity contribution is -0.137. The molecule has 0 atom stereocenters. The van der Waals surface area contributed by atoms with Gasteiger partial charge in [-0.05, 0) is 45.3 Å². The van der Waals surface area contributed by atoms with Crippen LogP contribution in [0.15, 0.2) is 18.2 Å². The second-order valence-electron chi connectivity index (χ2n) is 4.82. The second-order valence-corrected chi connectivity index (χ2v) is 4.82. The molecule has 0 bridgehead atoms. The van der Waals surface area contributed by atoms with Crippen LogP contribution in [0.2, 0.25) is 0 Å². The van der Waals surface area contributed by atoms with Gasteiger partial charge in [0.15, 0.2) is 0 Å². The Hall–Kier alpha value is -1.80. The minimum absolute atomic E-state index is 0.128. The maximum absolute atomic E-state index is 12.7. The van der Waals surface area contributed by atoms with Crippen molar-refractivity contribution in [3.63, 3.8) is 0 Å². The van der Waals surface area contributed by atoms with Crippen molar-refractivity contribution in [2.24, 2.45) is 5.84 Å². The number of nitrogen functional groups attached to an aromatic ring is 1. The van der Waals surface area contributed by atoms with Gasteiger partial charge in [-0.1, -0.05) is 0 Å². The van der Waals surface area contributed by atoms with Crippen molar-refractivity contribution < 1.29 is 18.0 Å². The molecule has 0 saturated carbocycles. The Balaban J connectivity index is 2.81. The van der Waals surface area contributed by atoms with E-state index in [2.05, 4.69) is 10.7 Å². The third-order valence-corrected chi connectivity index (χ3v) is 2.81. The SMILES string of the molecule is CN(C)CCCNC(=O)c1cc(C(F)(F)F)ccc1NN. The number of anilines is 1. The number of carbonyl (C=O) groups excluding carboxylic acids is 1. The number of alkyl halides is 3. The zero-order valence-electron chi connectivity index (χ0n) is 11.9. The highest BCUT2D eigenvalue weighted by molar-refractivity contribution is 5.99. The van der Waals surface area contributed by atoms with Crippen LogP contribution in [0.3, 0.4) is 0 Å². The molecule has 0 aromatic heterocycles. The standard InChI is InChI=1S/C13H19F3N4O/c1-20(2)7-3-6-18-12(21)10-8-9(13(14,15)16)4-5-11(10)19-17/h4-5,8,19H,3,6-7,17H2,1-2H3,(H,18,21). The van der Waals surface area contributed by atoms with Gasteiger partial charge in [0.2, 0.25) is 0 Å². The number of nitrogens with two attached hydrogens (primary N) is 1. The van der Waals surface area contributed by atoms with Crippen LogP contribution in [0.4, 0.5) is 18.9 Å². The van der Waals surface area contributed by atoms with E-state index in [1.165, 1.54) is 0 Å². The van der Waals surface area contributed by atoms with E-state index >= 15 is 0 Å². The summed E-state index contributed by atoms with van der Waals surface area (Å²) in [7, 11) is 3.79. The molecule has 0 aliphatic rings. The number of hydrogen-bond donors (Lipinski definition) is 3. The fourth-order valence-electron chi connectivity index (χ4n) is 1.73. The van der Waals surface area contributed by atoms with Gasteiger partial charge in [0.05, 0.1) is 16.8 Å². The summed E-state index contributed by atoms with van der Waals surface area (Å²) in [6.45, 7) is 1.14. The van der Waals surface area contributed by atoms with Gasteiger partial charge in [-0.3, -0.25) is 10.6 Å². The molecule has 0 aliphatic heterocycles. The molecule has 0 fully saturated rings. The number of nitrogens with one attached hydrogen (secondary N) is 2. The van der Waals surface area contributed by atoms with E-state index in [1.54, 1.807) is 0 Å². The van der Waals surface area contributed by atoms with Crippen molar-refractivity contribution in [1.29, 1.82) is 0 Å². The van der Waals surface area contributed by atoms with Crippen molar-refractivity contribution >= 4 is 11.6 Å². The Morgan fingerprint density at radius 3 is 2.52 bits per heavy atom. The Kier molecular flexibility index (Phi) is 5.98. The lowest BCUT2D eigenvalue weighted by Gasteiger charge is -2.14. The van der Waals surface area contributed by atoms with E-state index in [9.17, 15) is 18.0 Å². The van der Waals surface area contributed by atoms with Crippen LogP contribution < -0.4 is 16.6 Å². The Labute approximate surface area is 121 Å². The summed E-state index contributed by atoms with van der Waals surface area (Å²) in [6, 6.07) is 2.80. The monoisotopic (exact) mass is 304 g/mol. The summed E-state index contributed by atoms with van der Waals surface area (Å²) in [4.78, 5) is 13.9. The van der Waals surface area contributed by atoms with Crippen LogP contribution in [0, 0.1) is 0 Å². The van der Waals surface area contributed by atoms with Gasteiger partial charge in [-0.15, -0.1) is 0 Å². The van der Waals surface area contributed by atoms with Gasteiger partial charge in [-0.2, -0.15) is 13.2 Å². The fraction of sp³-hybridized carbons (Fsp3) is 0.462. The third-order valence-electron chi connectivity index (χ3n) is 2.81. The molecule has 1 aromatic rings. The molecule has 0 heterocycles. The molecule has 0 spiro atoms. The van der Waals surface area contributed by atoms with Crippen LogP contribution in [-0.4, -0.2) is 38.0 Å². The first kappa shape index (κ1) is 17.3. The molecule has 0 unspecified atom stereocenters. The Morgan fingerprint density at radius 2 is 2.00 bits per heavy atom. The quantitative estimate of drug-likeness (QED) is 0.425. The molecule has 4 N–H and O–H groups in total. The predicted octanol–water partition coefficient (Wildman–Crippen LogP) is 1.67. The number of hydrazine groups is 1. The lowest BCUT2D eigenvalue weighted by atomic mass is 10.1. The van der Waals surface area contributed by atoms with E-state index in [4.69, 9.17) is 5.84 Å². The topological polar surface area (TPSA) is 70.4 Å². The first-order chi connectivity index (χ1) is 9.75. The van der Waals surface area contributed by atoms with Crippen LogP contribution in [0.1, 0.15) is 22.3 Å². The third kappa shape index (κ3) is 5.24. The van der Waals surface area contributed by atoms with Gasteiger partial charge in [0.25, 0.3) is 5.91 Å². The molecule has 0 radical (unpaired) electrons. The van der Waals surface area contributed by atoms with Gasteiger partial charge < -0.3 is 15.6 Å². The number of benzene rings is 1. The average Bonchev–Trinajstić information content (AvgIpc) is 2.41. The normalized spacial score (nSPS) is 11.6. The van der Waals surface area contributed by atoms with Crippen LogP contribution in [0.25, 0.3) is 0 Å². The average molecular weight is 304 g/mol. The van der Waals surface area contributed by atoms with E-state index in [-0.39, 0.29) is 11.3 Å². The molecule has 0 saturated heterocycles. The molecule has 1 rings (SSSR count). The number of rotatable bonds is 6. The highest BCUT2D eigenvalue weighted by Gasteiger charge is 2.31. The van der Waals surface area contributed by atoms with Gasteiger partial charge >= 0.3 is 6.18 Å². The maximum Gasteiger partial charge on any atom is 0.416 e. The molecule has 1 aromatic carbocycles. The zero-order chi connectivity index (χ0) is 16.0. The number of hydrogen-bond acceptors (Lipinski definition) is 4.